The summed E-state index contributed by atoms with van der Waals surface area (Å²) < 4.78 is 10.3. The van der Waals surface area contributed by atoms with E-state index in [1.165, 1.54) is 11.8 Å². The first-order chi connectivity index (χ1) is 12.4. The molecule has 0 bridgehead atoms. The zero-order valence-electron chi connectivity index (χ0n) is 14.7. The second kappa shape index (κ2) is 6.99. The quantitative estimate of drug-likeness (QED) is 0.841. The number of ether oxygens (including phenoxy) is 1. The molecule has 8 heteroatoms. The van der Waals surface area contributed by atoms with Crippen molar-refractivity contribution in [1.82, 2.24) is 5.16 Å². The van der Waals surface area contributed by atoms with Crippen molar-refractivity contribution in [3.63, 3.8) is 0 Å². The molecule has 0 fully saturated rings. The van der Waals surface area contributed by atoms with E-state index >= 15 is 0 Å². The fraction of sp³-hybridized carbons (Fsp3) is 0.333. The Bertz CT molecular complexity index is 873. The van der Waals surface area contributed by atoms with Gasteiger partial charge in [-0.1, -0.05) is 24.2 Å². The molecule has 2 amide bonds. The number of aryl methyl sites for hydroxylation is 2. The third-order valence-corrected chi connectivity index (χ3v) is 4.14. The van der Waals surface area contributed by atoms with Gasteiger partial charge < -0.3 is 14.6 Å². The Kier molecular flexibility index (Phi) is 4.75. The molecule has 0 saturated heterocycles. The van der Waals surface area contributed by atoms with Crippen LogP contribution in [-0.2, 0) is 20.7 Å². The van der Waals surface area contributed by atoms with E-state index in [1.54, 1.807) is 31.2 Å². The van der Waals surface area contributed by atoms with Gasteiger partial charge in [-0.15, -0.1) is 0 Å². The molecule has 136 valence electrons. The van der Waals surface area contributed by atoms with Gasteiger partial charge in [-0.05, 0) is 32.4 Å². The van der Waals surface area contributed by atoms with Gasteiger partial charge in [0.05, 0.1) is 17.1 Å². The summed E-state index contributed by atoms with van der Waals surface area (Å²) in [4.78, 5) is 38.4. The van der Waals surface area contributed by atoms with E-state index < -0.39 is 18.0 Å². The first kappa shape index (κ1) is 17.7. The van der Waals surface area contributed by atoms with Crippen molar-refractivity contribution in [2.75, 3.05) is 16.8 Å². The van der Waals surface area contributed by atoms with Crippen molar-refractivity contribution in [3.05, 3.63) is 41.3 Å². The van der Waals surface area contributed by atoms with Gasteiger partial charge in [0.25, 0.3) is 5.91 Å². The highest BCUT2D eigenvalue weighted by molar-refractivity contribution is 6.11. The molecule has 2 heterocycles. The first-order valence-corrected chi connectivity index (χ1v) is 8.28. The number of benzene rings is 1. The zero-order valence-corrected chi connectivity index (χ0v) is 14.7. The van der Waals surface area contributed by atoms with Crippen LogP contribution in [0.4, 0.5) is 11.4 Å². The van der Waals surface area contributed by atoms with Crippen LogP contribution < -0.4 is 10.2 Å². The minimum atomic E-state index is -1.07. The predicted octanol–water partition coefficient (Wildman–Crippen LogP) is 2.08. The lowest BCUT2D eigenvalue weighted by molar-refractivity contribution is -0.128. The van der Waals surface area contributed by atoms with Crippen molar-refractivity contribution in [3.8, 4) is 0 Å². The number of amides is 2. The molecule has 1 atom stereocenters. The van der Waals surface area contributed by atoms with Crippen LogP contribution in [0.3, 0.4) is 0 Å². The average molecular weight is 357 g/mol. The number of carbonyl (C=O) groups is 3. The Morgan fingerprint density at radius 3 is 2.85 bits per heavy atom. The lowest BCUT2D eigenvalue weighted by Gasteiger charge is -2.30. The number of nitrogens with zero attached hydrogens (tertiary/aromatic N) is 2. The average Bonchev–Trinajstić information content (AvgIpc) is 3.00. The minimum absolute atomic E-state index is 0.135. The number of esters is 1. The van der Waals surface area contributed by atoms with Gasteiger partial charge in [0, 0.05) is 0 Å². The first-order valence-electron chi connectivity index (χ1n) is 8.28. The lowest BCUT2D eigenvalue weighted by atomic mass is 10.1. The second-order valence-electron chi connectivity index (χ2n) is 5.95. The smallest absolute Gasteiger partial charge is 0.344 e. The highest BCUT2D eigenvalue weighted by Gasteiger charge is 2.32. The van der Waals surface area contributed by atoms with Gasteiger partial charge in [0.15, 0.2) is 6.10 Å². The molecule has 1 aliphatic rings. The number of nitrogens with one attached hydrogen (secondary N) is 1. The molecule has 0 saturated carbocycles. The fourth-order valence-corrected chi connectivity index (χ4v) is 2.84. The van der Waals surface area contributed by atoms with E-state index in [9.17, 15) is 14.4 Å². The fourth-order valence-electron chi connectivity index (χ4n) is 2.84. The molecular formula is C18H19N3O5. The van der Waals surface area contributed by atoms with Crippen LogP contribution in [0.2, 0.25) is 0 Å². The van der Waals surface area contributed by atoms with Crippen LogP contribution in [-0.4, -0.2) is 35.6 Å². The molecule has 3 rings (SSSR count). The third kappa shape index (κ3) is 3.17. The molecule has 2 aromatic rings. The molecular weight excluding hydrogens is 338 g/mol. The van der Waals surface area contributed by atoms with Gasteiger partial charge >= 0.3 is 5.97 Å². The van der Waals surface area contributed by atoms with Crippen molar-refractivity contribution < 1.29 is 23.6 Å². The summed E-state index contributed by atoms with van der Waals surface area (Å²) in [5.74, 6) is -1.11. The minimum Gasteiger partial charge on any atom is -0.449 e. The summed E-state index contributed by atoms with van der Waals surface area (Å²) in [6.45, 7) is 4.79. The van der Waals surface area contributed by atoms with Crippen LogP contribution in [0, 0.1) is 6.92 Å². The van der Waals surface area contributed by atoms with Crippen molar-refractivity contribution in [1.29, 1.82) is 0 Å². The monoisotopic (exact) mass is 357 g/mol. The Morgan fingerprint density at radius 2 is 2.12 bits per heavy atom. The maximum Gasteiger partial charge on any atom is 0.344 e. The number of para-hydroxylation sites is 2. The van der Waals surface area contributed by atoms with E-state index in [0.29, 0.717) is 29.2 Å². The molecule has 1 aliphatic heterocycles. The van der Waals surface area contributed by atoms with Crippen molar-refractivity contribution >= 4 is 29.2 Å². The van der Waals surface area contributed by atoms with Gasteiger partial charge in [0.1, 0.15) is 17.9 Å². The number of fused-ring (bicyclic) bond motifs is 1. The molecule has 0 unspecified atom stereocenters. The number of aromatic nitrogens is 1. The molecule has 26 heavy (non-hydrogen) atoms. The normalized spacial score (nSPS) is 14.4. The van der Waals surface area contributed by atoms with Crippen LogP contribution in [0.15, 0.2) is 28.8 Å². The van der Waals surface area contributed by atoms with Crippen LogP contribution in [0.25, 0.3) is 0 Å². The number of hydrogen-bond donors (Lipinski definition) is 1. The Hall–Kier alpha value is -3.16. The number of carbonyl (C=O) groups excluding carboxylic acids is 3. The molecule has 8 nitrogen and oxygen atoms in total. The molecule has 0 spiro atoms. The van der Waals surface area contributed by atoms with Gasteiger partial charge in [-0.2, -0.15) is 0 Å². The zero-order chi connectivity index (χ0) is 18.8. The summed E-state index contributed by atoms with van der Waals surface area (Å²) in [7, 11) is 0. The topological polar surface area (TPSA) is 102 Å². The summed E-state index contributed by atoms with van der Waals surface area (Å²) >= 11 is 0. The maximum atomic E-state index is 12.8. The van der Waals surface area contributed by atoms with E-state index in [2.05, 4.69) is 10.5 Å². The van der Waals surface area contributed by atoms with Gasteiger partial charge in [-0.25, -0.2) is 4.79 Å². The predicted molar refractivity (Wildman–Crippen MR) is 92.9 cm³/mol. The van der Waals surface area contributed by atoms with Crippen molar-refractivity contribution in [2.45, 2.75) is 33.3 Å². The largest absolute Gasteiger partial charge is 0.449 e. The van der Waals surface area contributed by atoms with Crippen LogP contribution >= 0.6 is 0 Å². The molecule has 1 aromatic heterocycles. The Morgan fingerprint density at radius 1 is 1.38 bits per heavy atom. The van der Waals surface area contributed by atoms with Gasteiger partial charge in [0.2, 0.25) is 5.91 Å². The van der Waals surface area contributed by atoms with E-state index in [4.69, 9.17) is 9.26 Å². The van der Waals surface area contributed by atoms with Crippen LogP contribution in [0.1, 0.15) is 35.7 Å². The van der Waals surface area contributed by atoms with E-state index in [0.717, 1.165) is 0 Å². The highest BCUT2D eigenvalue weighted by Crippen LogP contribution is 2.29. The maximum absolute atomic E-state index is 12.8. The Balaban J connectivity index is 1.79. The summed E-state index contributed by atoms with van der Waals surface area (Å²) in [5, 5.41) is 6.52. The summed E-state index contributed by atoms with van der Waals surface area (Å²) in [6, 6.07) is 6.96. The van der Waals surface area contributed by atoms with E-state index in [1.807, 2.05) is 6.92 Å². The summed E-state index contributed by atoms with van der Waals surface area (Å²) in [5.41, 5.74) is 1.83. The second-order valence-corrected chi connectivity index (χ2v) is 5.95. The van der Waals surface area contributed by atoms with E-state index in [-0.39, 0.29) is 18.0 Å². The lowest BCUT2D eigenvalue weighted by Crippen LogP contribution is -2.47. The summed E-state index contributed by atoms with van der Waals surface area (Å²) in [6.07, 6.45) is -0.565. The van der Waals surface area contributed by atoms with Gasteiger partial charge in [-0.3, -0.25) is 14.5 Å². The van der Waals surface area contributed by atoms with Crippen LogP contribution in [0.5, 0.6) is 0 Å². The SMILES string of the molecule is CCc1noc(C)c1C(=O)O[C@@H](C)C(=O)N1CC(=O)Nc2ccccc21. The molecule has 0 radical (unpaired) electrons. The third-order valence-electron chi connectivity index (χ3n) is 4.14. The molecule has 0 aliphatic carbocycles. The molecule has 1 N–H and O–H groups in total. The number of anilines is 2. The highest BCUT2D eigenvalue weighted by atomic mass is 16.5. The van der Waals surface area contributed by atoms with Crippen molar-refractivity contribution in [2.24, 2.45) is 0 Å². The number of hydrogen-bond acceptors (Lipinski definition) is 6. The Labute approximate surface area is 150 Å². The molecule has 1 aromatic carbocycles. The number of rotatable bonds is 4. The standard InChI is InChI=1S/C18H19N3O5/c1-4-12-16(10(2)26-20-12)18(24)25-11(3)17(23)21-9-15(22)19-13-7-5-6-8-14(13)21/h5-8,11H,4,9H2,1-3H3,(H,19,22)/t11-/m0/s1.